The van der Waals surface area contributed by atoms with Crippen molar-refractivity contribution >= 4 is 33.5 Å². The van der Waals surface area contributed by atoms with Crippen LogP contribution in [0.1, 0.15) is 5.56 Å². The number of aromatic hydroxyl groups is 1. The summed E-state index contributed by atoms with van der Waals surface area (Å²) in [7, 11) is 1.29. The molecule has 0 aliphatic rings. The van der Waals surface area contributed by atoms with Gasteiger partial charge in [-0.05, 0) is 28.1 Å². The molecule has 0 amide bonds. The Balaban J connectivity index is 3.06. The third-order valence-electron chi connectivity index (χ3n) is 1.72. The monoisotopic (exact) mass is 278 g/mol. The Morgan fingerprint density at radius 1 is 1.64 bits per heavy atom. The van der Waals surface area contributed by atoms with E-state index in [2.05, 4.69) is 20.7 Å². The van der Waals surface area contributed by atoms with Crippen molar-refractivity contribution in [3.63, 3.8) is 0 Å². The maximum absolute atomic E-state index is 11.0. The number of carbonyl (C=O) groups is 1. The van der Waals surface area contributed by atoms with Gasteiger partial charge in [0.15, 0.2) is 0 Å². The molecule has 0 bridgehead atoms. The number of esters is 1. The molecule has 1 N–H and O–H groups in total. The molecule has 76 valence electrons. The van der Waals surface area contributed by atoms with Crippen LogP contribution in [-0.2, 0) is 16.0 Å². The molecular formula is C9H8BrClO3. The minimum absolute atomic E-state index is 0.0104. The van der Waals surface area contributed by atoms with Crippen molar-refractivity contribution in [1.82, 2.24) is 0 Å². The lowest BCUT2D eigenvalue weighted by Gasteiger charge is -2.07. The SMILES string of the molecule is COC(=O)Cc1c(O)ccc(Cl)c1Br. The minimum Gasteiger partial charge on any atom is -0.508 e. The van der Waals surface area contributed by atoms with Crippen molar-refractivity contribution in [3.8, 4) is 5.75 Å². The van der Waals surface area contributed by atoms with Gasteiger partial charge in [0.25, 0.3) is 0 Å². The molecule has 0 saturated heterocycles. The molecule has 3 nitrogen and oxygen atoms in total. The van der Waals surface area contributed by atoms with E-state index < -0.39 is 5.97 Å². The van der Waals surface area contributed by atoms with Crippen LogP contribution in [0.2, 0.25) is 5.02 Å². The molecule has 14 heavy (non-hydrogen) atoms. The van der Waals surface area contributed by atoms with Gasteiger partial charge in [-0.2, -0.15) is 0 Å². The van der Waals surface area contributed by atoms with Crippen LogP contribution < -0.4 is 0 Å². The number of phenolic OH excluding ortho intramolecular Hbond substituents is 1. The van der Waals surface area contributed by atoms with Crippen molar-refractivity contribution in [2.45, 2.75) is 6.42 Å². The normalized spacial score (nSPS) is 9.93. The fourth-order valence-electron chi connectivity index (χ4n) is 0.967. The fraction of sp³-hybridized carbons (Fsp3) is 0.222. The number of carbonyl (C=O) groups excluding carboxylic acids is 1. The van der Waals surface area contributed by atoms with Gasteiger partial charge in [0.1, 0.15) is 5.75 Å². The number of hydrogen-bond donors (Lipinski definition) is 1. The zero-order valence-electron chi connectivity index (χ0n) is 7.38. The summed E-state index contributed by atoms with van der Waals surface area (Å²) in [5, 5.41) is 9.91. The Hall–Kier alpha value is -0.740. The second kappa shape index (κ2) is 4.66. The van der Waals surface area contributed by atoms with Gasteiger partial charge in [-0.1, -0.05) is 11.6 Å². The molecule has 5 heteroatoms. The zero-order chi connectivity index (χ0) is 10.7. The highest BCUT2D eigenvalue weighted by atomic mass is 79.9. The molecular weight excluding hydrogens is 271 g/mol. The maximum Gasteiger partial charge on any atom is 0.310 e. The first-order chi connectivity index (χ1) is 6.56. The Labute approximate surface area is 94.8 Å². The second-order valence-electron chi connectivity index (χ2n) is 2.61. The summed E-state index contributed by atoms with van der Waals surface area (Å²) in [6.07, 6.45) is -0.0104. The Morgan fingerprint density at radius 2 is 2.29 bits per heavy atom. The van der Waals surface area contributed by atoms with Gasteiger partial charge in [0, 0.05) is 10.0 Å². The number of benzene rings is 1. The van der Waals surface area contributed by atoms with E-state index in [0.29, 0.717) is 15.1 Å². The van der Waals surface area contributed by atoms with Crippen molar-refractivity contribution in [3.05, 3.63) is 27.2 Å². The van der Waals surface area contributed by atoms with E-state index in [9.17, 15) is 9.90 Å². The van der Waals surface area contributed by atoms with Crippen LogP contribution >= 0.6 is 27.5 Å². The van der Waals surface area contributed by atoms with E-state index in [1.165, 1.54) is 13.2 Å². The van der Waals surface area contributed by atoms with Crippen molar-refractivity contribution < 1.29 is 14.6 Å². The molecule has 0 saturated carbocycles. The molecule has 0 heterocycles. The lowest BCUT2D eigenvalue weighted by atomic mass is 10.1. The van der Waals surface area contributed by atoms with E-state index in [1.54, 1.807) is 6.07 Å². The molecule has 0 unspecified atom stereocenters. The fourth-order valence-corrected chi connectivity index (χ4v) is 1.62. The van der Waals surface area contributed by atoms with Crippen LogP contribution in [0.25, 0.3) is 0 Å². The standard InChI is InChI=1S/C9H8BrClO3/c1-14-8(13)4-5-7(12)3-2-6(11)9(5)10/h2-3,12H,4H2,1H3. The quantitative estimate of drug-likeness (QED) is 0.846. The van der Waals surface area contributed by atoms with Crippen LogP contribution in [0.15, 0.2) is 16.6 Å². The molecule has 0 aliphatic heterocycles. The van der Waals surface area contributed by atoms with Crippen LogP contribution in [-0.4, -0.2) is 18.2 Å². The Morgan fingerprint density at radius 3 is 2.86 bits per heavy atom. The summed E-state index contributed by atoms with van der Waals surface area (Å²) < 4.78 is 5.01. The van der Waals surface area contributed by atoms with E-state index >= 15 is 0 Å². The summed E-state index contributed by atoms with van der Waals surface area (Å²) >= 11 is 8.99. The minimum atomic E-state index is -0.428. The molecule has 0 radical (unpaired) electrons. The molecule has 0 aliphatic carbocycles. The summed E-state index contributed by atoms with van der Waals surface area (Å²) in [5.41, 5.74) is 0.435. The first-order valence-electron chi connectivity index (χ1n) is 3.79. The Bertz CT molecular complexity index is 365. The highest BCUT2D eigenvalue weighted by Gasteiger charge is 2.13. The summed E-state index contributed by atoms with van der Waals surface area (Å²) in [4.78, 5) is 11.0. The lowest BCUT2D eigenvalue weighted by molar-refractivity contribution is -0.139. The third-order valence-corrected chi connectivity index (χ3v) is 3.17. The first-order valence-corrected chi connectivity index (χ1v) is 4.96. The van der Waals surface area contributed by atoms with Crippen LogP contribution in [0.4, 0.5) is 0 Å². The number of hydrogen-bond acceptors (Lipinski definition) is 3. The van der Waals surface area contributed by atoms with Gasteiger partial charge in [-0.15, -0.1) is 0 Å². The zero-order valence-corrected chi connectivity index (χ0v) is 9.72. The predicted octanol–water partition coefficient (Wildman–Crippen LogP) is 2.52. The van der Waals surface area contributed by atoms with Gasteiger partial charge >= 0.3 is 5.97 Å². The second-order valence-corrected chi connectivity index (χ2v) is 3.81. The average molecular weight is 280 g/mol. The highest BCUT2D eigenvalue weighted by Crippen LogP contribution is 2.32. The molecule has 0 spiro atoms. The average Bonchev–Trinajstić information content (AvgIpc) is 2.18. The maximum atomic E-state index is 11.0. The number of rotatable bonds is 2. The Kier molecular flexibility index (Phi) is 3.77. The summed E-state index contributed by atoms with van der Waals surface area (Å²) in [6.45, 7) is 0. The third kappa shape index (κ3) is 2.39. The van der Waals surface area contributed by atoms with Gasteiger partial charge in [-0.25, -0.2) is 0 Å². The molecule has 1 rings (SSSR count). The number of phenols is 1. The number of ether oxygens (including phenoxy) is 1. The topological polar surface area (TPSA) is 46.5 Å². The molecule has 1 aromatic carbocycles. The number of halogens is 2. The van der Waals surface area contributed by atoms with E-state index in [0.717, 1.165) is 0 Å². The summed E-state index contributed by atoms with van der Waals surface area (Å²) in [6, 6.07) is 2.98. The van der Waals surface area contributed by atoms with Gasteiger partial charge in [0.2, 0.25) is 0 Å². The molecule has 0 atom stereocenters. The van der Waals surface area contributed by atoms with Crippen LogP contribution in [0.3, 0.4) is 0 Å². The van der Waals surface area contributed by atoms with Crippen LogP contribution in [0.5, 0.6) is 5.75 Å². The predicted molar refractivity (Wildman–Crippen MR) is 56.5 cm³/mol. The van der Waals surface area contributed by atoms with E-state index in [-0.39, 0.29) is 12.2 Å². The molecule has 0 aromatic heterocycles. The van der Waals surface area contributed by atoms with Crippen molar-refractivity contribution in [1.29, 1.82) is 0 Å². The largest absolute Gasteiger partial charge is 0.508 e. The highest BCUT2D eigenvalue weighted by molar-refractivity contribution is 9.10. The van der Waals surface area contributed by atoms with Gasteiger partial charge < -0.3 is 9.84 Å². The first kappa shape index (κ1) is 11.3. The molecule has 0 fully saturated rings. The van der Waals surface area contributed by atoms with Crippen molar-refractivity contribution in [2.24, 2.45) is 0 Å². The van der Waals surface area contributed by atoms with Crippen LogP contribution in [0, 0.1) is 0 Å². The smallest absolute Gasteiger partial charge is 0.310 e. The van der Waals surface area contributed by atoms with E-state index in [4.69, 9.17) is 11.6 Å². The van der Waals surface area contributed by atoms with Gasteiger partial charge in [0.05, 0.1) is 18.6 Å². The summed E-state index contributed by atoms with van der Waals surface area (Å²) in [5.74, 6) is -0.407. The number of methoxy groups -OCH3 is 1. The van der Waals surface area contributed by atoms with Gasteiger partial charge in [-0.3, -0.25) is 4.79 Å². The molecule has 1 aromatic rings. The van der Waals surface area contributed by atoms with Crippen molar-refractivity contribution in [2.75, 3.05) is 7.11 Å². The lowest BCUT2D eigenvalue weighted by Crippen LogP contribution is -2.05. The van der Waals surface area contributed by atoms with E-state index in [1.807, 2.05) is 0 Å².